The van der Waals surface area contributed by atoms with E-state index in [-0.39, 0.29) is 5.75 Å². The van der Waals surface area contributed by atoms with Crippen molar-refractivity contribution in [1.29, 1.82) is 0 Å². The molecule has 3 heteroatoms. The third-order valence-corrected chi connectivity index (χ3v) is 5.52. The van der Waals surface area contributed by atoms with Crippen molar-refractivity contribution in [2.75, 3.05) is 6.61 Å². The lowest BCUT2D eigenvalue weighted by Gasteiger charge is -2.09. The lowest BCUT2D eigenvalue weighted by Crippen LogP contribution is -1.98. The molecule has 0 unspecified atom stereocenters. The van der Waals surface area contributed by atoms with Gasteiger partial charge < -0.3 is 9.84 Å². The summed E-state index contributed by atoms with van der Waals surface area (Å²) in [5.41, 5.74) is 1.87. The van der Waals surface area contributed by atoms with Gasteiger partial charge in [-0.1, -0.05) is 94.5 Å². The van der Waals surface area contributed by atoms with Crippen molar-refractivity contribution in [3.8, 4) is 11.5 Å². The Morgan fingerprint density at radius 1 is 0.786 bits per heavy atom. The Morgan fingerprint density at radius 2 is 1.39 bits per heavy atom. The van der Waals surface area contributed by atoms with Gasteiger partial charge >= 0.3 is 0 Å². The Hall–Kier alpha value is -1.67. The van der Waals surface area contributed by atoms with Crippen LogP contribution >= 0.6 is 11.6 Å². The molecule has 0 atom stereocenters. The molecule has 0 heterocycles. The van der Waals surface area contributed by atoms with E-state index in [2.05, 4.69) is 6.92 Å². The van der Waals surface area contributed by atoms with Crippen molar-refractivity contribution in [2.24, 2.45) is 0 Å². The molecular weight excluding hydrogens is 368 g/mol. The number of halogens is 1. The van der Waals surface area contributed by atoms with E-state index in [1.807, 2.05) is 24.3 Å². The number of ether oxygens (including phenoxy) is 1. The van der Waals surface area contributed by atoms with Gasteiger partial charge in [-0.25, -0.2) is 0 Å². The Labute approximate surface area is 175 Å². The molecule has 0 amide bonds. The predicted octanol–water partition coefficient (Wildman–Crippen LogP) is 7.94. The molecule has 0 aromatic heterocycles. The molecular formula is C25H35ClO2. The van der Waals surface area contributed by atoms with Gasteiger partial charge in [0.15, 0.2) is 0 Å². The molecule has 2 rings (SSSR count). The number of benzene rings is 2. The Kier molecular flexibility index (Phi) is 10.9. The number of hydrogen-bond acceptors (Lipinski definition) is 2. The van der Waals surface area contributed by atoms with Crippen molar-refractivity contribution in [3.05, 3.63) is 58.6 Å². The average Bonchev–Trinajstić information content (AvgIpc) is 2.70. The zero-order valence-corrected chi connectivity index (χ0v) is 18.0. The summed E-state index contributed by atoms with van der Waals surface area (Å²) < 4.78 is 5.86. The third-order valence-electron chi connectivity index (χ3n) is 5.17. The molecule has 1 N–H and O–H groups in total. The van der Waals surface area contributed by atoms with Crippen LogP contribution in [0.1, 0.15) is 82.3 Å². The quantitative estimate of drug-likeness (QED) is 0.325. The number of rotatable bonds is 14. The van der Waals surface area contributed by atoms with Gasteiger partial charge in [0.1, 0.15) is 11.5 Å². The lowest BCUT2D eigenvalue weighted by molar-refractivity contribution is 0.304. The minimum atomic E-state index is 0.244. The highest BCUT2D eigenvalue weighted by molar-refractivity contribution is 6.31. The maximum Gasteiger partial charge on any atom is 0.120 e. The van der Waals surface area contributed by atoms with E-state index >= 15 is 0 Å². The molecule has 0 aliphatic rings. The highest BCUT2D eigenvalue weighted by atomic mass is 35.5. The molecule has 0 aliphatic carbocycles. The zero-order valence-electron chi connectivity index (χ0n) is 17.3. The van der Waals surface area contributed by atoms with Crippen LogP contribution in [0.2, 0.25) is 5.02 Å². The highest BCUT2D eigenvalue weighted by Gasteiger charge is 2.07. The number of aromatic hydroxyl groups is 1. The molecule has 0 saturated carbocycles. The van der Waals surface area contributed by atoms with Crippen LogP contribution in [0.25, 0.3) is 0 Å². The Bertz CT molecular complexity index is 646. The van der Waals surface area contributed by atoms with E-state index in [4.69, 9.17) is 16.3 Å². The second kappa shape index (κ2) is 13.5. The monoisotopic (exact) mass is 402 g/mol. The number of hydrogen-bond donors (Lipinski definition) is 1. The summed E-state index contributed by atoms with van der Waals surface area (Å²) in [6.45, 7) is 3.05. The average molecular weight is 403 g/mol. The van der Waals surface area contributed by atoms with Crippen molar-refractivity contribution < 1.29 is 9.84 Å². The fourth-order valence-electron chi connectivity index (χ4n) is 3.41. The highest BCUT2D eigenvalue weighted by Crippen LogP contribution is 2.28. The van der Waals surface area contributed by atoms with E-state index < -0.39 is 0 Å². The van der Waals surface area contributed by atoms with Crippen LogP contribution < -0.4 is 4.74 Å². The molecule has 0 radical (unpaired) electrons. The molecule has 0 spiro atoms. The van der Waals surface area contributed by atoms with Gasteiger partial charge in [0.25, 0.3) is 0 Å². The molecule has 0 fully saturated rings. The van der Waals surface area contributed by atoms with Crippen LogP contribution in [-0.2, 0) is 6.42 Å². The van der Waals surface area contributed by atoms with Crippen molar-refractivity contribution in [1.82, 2.24) is 0 Å². The van der Waals surface area contributed by atoms with Crippen molar-refractivity contribution in [2.45, 2.75) is 77.6 Å². The Balaban J connectivity index is 1.58. The molecule has 2 aromatic carbocycles. The van der Waals surface area contributed by atoms with Crippen molar-refractivity contribution in [3.63, 3.8) is 0 Å². The standard InChI is InChI=1S/C25H35ClO2/c1-2-3-4-5-6-7-8-9-10-11-19-28-22-17-15-21(16-18-22)20-23-24(26)13-12-14-25(23)27/h12-18,27H,2-11,19-20H2,1H3. The van der Waals surface area contributed by atoms with Gasteiger partial charge in [0.05, 0.1) is 6.61 Å². The molecule has 0 saturated heterocycles. The molecule has 28 heavy (non-hydrogen) atoms. The fraction of sp³-hybridized carbons (Fsp3) is 0.520. The molecule has 154 valence electrons. The van der Waals surface area contributed by atoms with E-state index in [1.54, 1.807) is 18.2 Å². The van der Waals surface area contributed by atoms with Crippen LogP contribution in [0.4, 0.5) is 0 Å². The van der Waals surface area contributed by atoms with Crippen molar-refractivity contribution >= 4 is 11.6 Å². The van der Waals surface area contributed by atoms with Gasteiger partial charge in [-0.2, -0.15) is 0 Å². The van der Waals surface area contributed by atoms with E-state index in [1.165, 1.54) is 57.8 Å². The van der Waals surface area contributed by atoms with E-state index in [0.717, 1.165) is 29.9 Å². The van der Waals surface area contributed by atoms with E-state index in [9.17, 15) is 5.11 Å². The molecule has 2 nitrogen and oxygen atoms in total. The summed E-state index contributed by atoms with van der Waals surface area (Å²) in [5.74, 6) is 1.15. The summed E-state index contributed by atoms with van der Waals surface area (Å²) in [6.07, 6.45) is 14.0. The van der Waals surface area contributed by atoms with Crippen LogP contribution in [0.5, 0.6) is 11.5 Å². The van der Waals surface area contributed by atoms with Gasteiger partial charge in [-0.05, 0) is 36.2 Å². The lowest BCUT2D eigenvalue weighted by atomic mass is 10.0. The summed E-state index contributed by atoms with van der Waals surface area (Å²) >= 11 is 6.18. The van der Waals surface area contributed by atoms with Crippen LogP contribution in [-0.4, -0.2) is 11.7 Å². The normalized spacial score (nSPS) is 10.9. The minimum Gasteiger partial charge on any atom is -0.508 e. The number of phenols is 1. The Morgan fingerprint density at radius 3 is 2.00 bits per heavy atom. The van der Waals surface area contributed by atoms with Crippen LogP contribution in [0.3, 0.4) is 0 Å². The fourth-order valence-corrected chi connectivity index (χ4v) is 3.65. The van der Waals surface area contributed by atoms with Gasteiger partial charge in [-0.15, -0.1) is 0 Å². The van der Waals surface area contributed by atoms with E-state index in [0.29, 0.717) is 11.4 Å². The summed E-state index contributed by atoms with van der Waals surface area (Å²) in [7, 11) is 0. The smallest absolute Gasteiger partial charge is 0.120 e. The first-order valence-electron chi connectivity index (χ1n) is 10.9. The molecule has 2 aromatic rings. The SMILES string of the molecule is CCCCCCCCCCCCOc1ccc(Cc2c(O)cccc2Cl)cc1. The van der Waals surface area contributed by atoms with Gasteiger partial charge in [0.2, 0.25) is 0 Å². The zero-order chi connectivity index (χ0) is 20.0. The summed E-state index contributed by atoms with van der Waals surface area (Å²) in [5, 5.41) is 10.6. The van der Waals surface area contributed by atoms with Gasteiger partial charge in [-0.3, -0.25) is 0 Å². The number of phenolic OH excluding ortho intramolecular Hbond substituents is 1. The van der Waals surface area contributed by atoms with Gasteiger partial charge in [0, 0.05) is 17.0 Å². The number of unbranched alkanes of at least 4 members (excludes halogenated alkanes) is 9. The molecule has 0 bridgehead atoms. The van der Waals surface area contributed by atoms with Crippen LogP contribution in [0, 0.1) is 0 Å². The molecule has 0 aliphatic heterocycles. The summed E-state index contributed by atoms with van der Waals surface area (Å²) in [4.78, 5) is 0. The maximum absolute atomic E-state index is 9.97. The second-order valence-corrected chi connectivity index (χ2v) is 8.00. The topological polar surface area (TPSA) is 29.5 Å². The first-order chi connectivity index (χ1) is 13.7. The summed E-state index contributed by atoms with van der Waals surface area (Å²) in [6, 6.07) is 13.3. The third kappa shape index (κ3) is 8.56. The maximum atomic E-state index is 9.97. The first-order valence-corrected chi connectivity index (χ1v) is 11.3. The minimum absolute atomic E-state index is 0.244. The second-order valence-electron chi connectivity index (χ2n) is 7.59. The first kappa shape index (κ1) is 22.6. The predicted molar refractivity (Wildman–Crippen MR) is 120 cm³/mol. The van der Waals surface area contributed by atoms with Crippen LogP contribution in [0.15, 0.2) is 42.5 Å². The largest absolute Gasteiger partial charge is 0.508 e.